The predicted octanol–water partition coefficient (Wildman–Crippen LogP) is 0.475. The topological polar surface area (TPSA) is 29.3 Å². The Morgan fingerprint density at radius 3 is 2.56 bits per heavy atom. The van der Waals surface area contributed by atoms with Crippen molar-refractivity contribution >= 4 is 17.0 Å². The molecule has 2 N–H and O–H groups in total. The Morgan fingerprint density at radius 2 is 2.33 bits per heavy atom. The van der Waals surface area contributed by atoms with Crippen LogP contribution in [0.1, 0.15) is 6.42 Å². The molecule has 3 heteroatoms. The van der Waals surface area contributed by atoms with Gasteiger partial charge in [-0.05, 0) is 32.5 Å². The Bertz CT molecular complexity index is 77.5. The molecule has 0 bridgehead atoms. The molecule has 2 nitrogen and oxygen atoms in total. The van der Waals surface area contributed by atoms with E-state index < -0.39 is 0 Å². The van der Waals surface area contributed by atoms with Gasteiger partial charge in [-0.3, -0.25) is 0 Å². The van der Waals surface area contributed by atoms with E-state index in [2.05, 4.69) is 11.9 Å². The second-order valence-corrected chi connectivity index (χ2v) is 2.65. The van der Waals surface area contributed by atoms with Gasteiger partial charge in [0.1, 0.15) is 0 Å². The van der Waals surface area contributed by atoms with Gasteiger partial charge in [0.05, 0.1) is 0 Å². The average Bonchev–Trinajstić information content (AvgIpc) is 2.14. The first kappa shape index (κ1) is 9.40. The number of halogens is 1. The van der Waals surface area contributed by atoms with Crippen molar-refractivity contribution in [2.75, 3.05) is 26.7 Å². The molecule has 0 spiro atoms. The van der Waals surface area contributed by atoms with Gasteiger partial charge in [0.15, 0.2) is 0 Å². The molecule has 1 atom stereocenters. The Morgan fingerprint density at radius 1 is 1.67 bits per heavy atom. The molecule has 1 heterocycles. The molecule has 1 rings (SSSR count). The van der Waals surface area contributed by atoms with Gasteiger partial charge < -0.3 is 10.6 Å². The van der Waals surface area contributed by atoms with Crippen LogP contribution in [-0.4, -0.2) is 31.6 Å². The van der Waals surface area contributed by atoms with Crippen molar-refractivity contribution in [3.63, 3.8) is 0 Å². The van der Waals surface area contributed by atoms with Crippen molar-refractivity contribution in [3.8, 4) is 0 Å². The van der Waals surface area contributed by atoms with Crippen LogP contribution < -0.4 is 5.73 Å². The highest BCUT2D eigenvalue weighted by Crippen LogP contribution is 2.11. The molecule has 1 aliphatic rings. The minimum atomic E-state index is 0. The SMILES string of the molecule is Br.CN1CC[C@H](CN)C1. The fourth-order valence-corrected chi connectivity index (χ4v) is 1.22. The summed E-state index contributed by atoms with van der Waals surface area (Å²) < 4.78 is 0. The van der Waals surface area contributed by atoms with E-state index in [-0.39, 0.29) is 17.0 Å². The van der Waals surface area contributed by atoms with E-state index >= 15 is 0 Å². The van der Waals surface area contributed by atoms with Crippen molar-refractivity contribution in [1.29, 1.82) is 0 Å². The van der Waals surface area contributed by atoms with E-state index in [1.807, 2.05) is 0 Å². The number of hydrogen-bond acceptors (Lipinski definition) is 2. The summed E-state index contributed by atoms with van der Waals surface area (Å²) in [6.07, 6.45) is 1.30. The molecule has 1 fully saturated rings. The van der Waals surface area contributed by atoms with Crippen LogP contribution in [0.25, 0.3) is 0 Å². The van der Waals surface area contributed by atoms with E-state index in [0.29, 0.717) is 0 Å². The van der Waals surface area contributed by atoms with E-state index in [4.69, 9.17) is 5.73 Å². The zero-order valence-corrected chi connectivity index (χ0v) is 7.55. The molecule has 9 heavy (non-hydrogen) atoms. The Hall–Kier alpha value is 0.400. The third kappa shape index (κ3) is 2.65. The Labute approximate surface area is 67.2 Å². The third-order valence-electron chi connectivity index (χ3n) is 1.82. The highest BCUT2D eigenvalue weighted by atomic mass is 79.9. The van der Waals surface area contributed by atoms with Crippen LogP contribution >= 0.6 is 17.0 Å². The van der Waals surface area contributed by atoms with E-state index in [1.54, 1.807) is 0 Å². The summed E-state index contributed by atoms with van der Waals surface area (Å²) in [5, 5.41) is 0. The van der Waals surface area contributed by atoms with Crippen LogP contribution in [0.15, 0.2) is 0 Å². The number of likely N-dealkylation sites (tertiary alicyclic amines) is 1. The smallest absolute Gasteiger partial charge is 0.00191 e. The lowest BCUT2D eigenvalue weighted by Crippen LogP contribution is -2.18. The summed E-state index contributed by atoms with van der Waals surface area (Å²) in [5.41, 5.74) is 5.47. The maximum atomic E-state index is 5.47. The van der Waals surface area contributed by atoms with Gasteiger partial charge >= 0.3 is 0 Å². The molecule has 0 unspecified atom stereocenters. The number of nitrogens with zero attached hydrogens (tertiary/aromatic N) is 1. The summed E-state index contributed by atoms with van der Waals surface area (Å²) in [6, 6.07) is 0. The van der Waals surface area contributed by atoms with Gasteiger partial charge in [-0.15, -0.1) is 17.0 Å². The zero-order valence-electron chi connectivity index (χ0n) is 5.84. The van der Waals surface area contributed by atoms with Gasteiger partial charge in [0.2, 0.25) is 0 Å². The number of nitrogens with two attached hydrogens (primary N) is 1. The van der Waals surface area contributed by atoms with Crippen molar-refractivity contribution < 1.29 is 0 Å². The van der Waals surface area contributed by atoms with Crippen molar-refractivity contribution in [3.05, 3.63) is 0 Å². The minimum absolute atomic E-state index is 0. The van der Waals surface area contributed by atoms with Crippen LogP contribution in [0.4, 0.5) is 0 Å². The van der Waals surface area contributed by atoms with Gasteiger partial charge in [0, 0.05) is 6.54 Å². The maximum Gasteiger partial charge on any atom is 0.00191 e. The van der Waals surface area contributed by atoms with E-state index in [1.165, 1.54) is 19.5 Å². The second-order valence-electron chi connectivity index (χ2n) is 2.65. The van der Waals surface area contributed by atoms with Crippen molar-refractivity contribution in [1.82, 2.24) is 4.90 Å². The molecule has 0 aromatic rings. The second kappa shape index (κ2) is 4.25. The van der Waals surface area contributed by atoms with E-state index in [0.717, 1.165) is 12.5 Å². The highest BCUT2D eigenvalue weighted by Gasteiger charge is 2.16. The Kier molecular flexibility index (Phi) is 4.44. The molecule has 1 saturated heterocycles. The molecule has 0 aliphatic carbocycles. The Balaban J connectivity index is 0.000000640. The molecule has 56 valence electrons. The fourth-order valence-electron chi connectivity index (χ4n) is 1.22. The average molecular weight is 195 g/mol. The molecule has 0 radical (unpaired) electrons. The number of rotatable bonds is 1. The molecule has 0 aromatic heterocycles. The van der Waals surface area contributed by atoms with Gasteiger partial charge in [-0.1, -0.05) is 0 Å². The summed E-state index contributed by atoms with van der Waals surface area (Å²) >= 11 is 0. The molecule has 0 aromatic carbocycles. The first-order valence-electron chi connectivity index (χ1n) is 3.21. The van der Waals surface area contributed by atoms with Gasteiger partial charge in [0.25, 0.3) is 0 Å². The lowest BCUT2D eigenvalue weighted by molar-refractivity contribution is 0.397. The zero-order chi connectivity index (χ0) is 5.98. The van der Waals surface area contributed by atoms with Crippen molar-refractivity contribution in [2.45, 2.75) is 6.42 Å². The fraction of sp³-hybridized carbons (Fsp3) is 1.00. The first-order chi connectivity index (χ1) is 3.83. The quantitative estimate of drug-likeness (QED) is 0.659. The monoisotopic (exact) mass is 194 g/mol. The molecule has 0 amide bonds. The predicted molar refractivity (Wildman–Crippen MR) is 45.0 cm³/mol. The summed E-state index contributed by atoms with van der Waals surface area (Å²) in [4.78, 5) is 2.33. The van der Waals surface area contributed by atoms with Gasteiger partial charge in [-0.2, -0.15) is 0 Å². The molecular weight excluding hydrogens is 180 g/mol. The molecule has 1 aliphatic heterocycles. The van der Waals surface area contributed by atoms with Crippen LogP contribution in [0.5, 0.6) is 0 Å². The summed E-state index contributed by atoms with van der Waals surface area (Å²) in [7, 11) is 2.15. The standard InChI is InChI=1S/C6H14N2.BrH/c1-8-3-2-6(4-7)5-8;/h6H,2-5,7H2,1H3;1H/t6-;/m1./s1. The third-order valence-corrected chi connectivity index (χ3v) is 1.82. The van der Waals surface area contributed by atoms with Crippen molar-refractivity contribution in [2.24, 2.45) is 11.7 Å². The van der Waals surface area contributed by atoms with Crippen LogP contribution in [-0.2, 0) is 0 Å². The summed E-state index contributed by atoms with van der Waals surface area (Å²) in [6.45, 7) is 3.31. The van der Waals surface area contributed by atoms with Crippen LogP contribution in [0.2, 0.25) is 0 Å². The van der Waals surface area contributed by atoms with Crippen LogP contribution in [0, 0.1) is 5.92 Å². The first-order valence-corrected chi connectivity index (χ1v) is 3.21. The normalized spacial score (nSPS) is 28.0. The van der Waals surface area contributed by atoms with E-state index in [9.17, 15) is 0 Å². The number of hydrogen-bond donors (Lipinski definition) is 1. The van der Waals surface area contributed by atoms with Gasteiger partial charge in [-0.25, -0.2) is 0 Å². The maximum absolute atomic E-state index is 5.47. The van der Waals surface area contributed by atoms with Crippen LogP contribution in [0.3, 0.4) is 0 Å². The summed E-state index contributed by atoms with van der Waals surface area (Å²) in [5.74, 6) is 0.778. The highest BCUT2D eigenvalue weighted by molar-refractivity contribution is 8.93. The lowest BCUT2D eigenvalue weighted by Gasteiger charge is -2.05. The lowest BCUT2D eigenvalue weighted by atomic mass is 10.1. The largest absolute Gasteiger partial charge is 0.330 e. The molecule has 0 saturated carbocycles. The molecular formula is C6H15BrN2. The minimum Gasteiger partial charge on any atom is -0.330 e.